The zero-order valence-electron chi connectivity index (χ0n) is 15.2. The topological polar surface area (TPSA) is 26.8 Å². The van der Waals surface area contributed by atoms with Gasteiger partial charge in [-0.1, -0.05) is 24.6 Å². The number of piperazine rings is 1. The Hall–Kier alpha value is -1.55. The molecule has 132 valence electrons. The van der Waals surface area contributed by atoms with Gasteiger partial charge in [0.2, 0.25) is 5.91 Å². The van der Waals surface area contributed by atoms with E-state index in [-0.39, 0.29) is 0 Å². The molecule has 0 radical (unpaired) electrons. The van der Waals surface area contributed by atoms with Gasteiger partial charge in [-0.2, -0.15) is 0 Å². The van der Waals surface area contributed by atoms with Crippen LogP contribution in [-0.4, -0.2) is 61.5 Å². The van der Waals surface area contributed by atoms with Crippen LogP contribution in [0.4, 0.5) is 5.69 Å². The molecule has 3 rings (SSSR count). The van der Waals surface area contributed by atoms with Crippen LogP contribution in [0.25, 0.3) is 0 Å². The lowest BCUT2D eigenvalue weighted by Gasteiger charge is -2.37. The van der Waals surface area contributed by atoms with Gasteiger partial charge in [-0.15, -0.1) is 0 Å². The van der Waals surface area contributed by atoms with Crippen molar-refractivity contribution in [3.63, 3.8) is 0 Å². The molecule has 1 unspecified atom stereocenters. The molecule has 1 aromatic carbocycles. The molecule has 0 N–H and O–H groups in total. The number of rotatable bonds is 4. The highest BCUT2D eigenvalue weighted by molar-refractivity contribution is 5.76. The number of nitrogens with zero attached hydrogens (tertiary/aromatic N) is 3. The van der Waals surface area contributed by atoms with Crippen molar-refractivity contribution in [1.29, 1.82) is 0 Å². The maximum Gasteiger partial charge on any atom is 0.222 e. The zero-order valence-corrected chi connectivity index (χ0v) is 15.2. The summed E-state index contributed by atoms with van der Waals surface area (Å²) in [5, 5.41) is 0. The minimum Gasteiger partial charge on any atom is -0.368 e. The molecule has 4 nitrogen and oxygen atoms in total. The first kappa shape index (κ1) is 17.3. The third kappa shape index (κ3) is 4.10. The van der Waals surface area contributed by atoms with Crippen molar-refractivity contribution in [3.05, 3.63) is 29.8 Å². The Bertz CT molecular complexity index is 552. The Kier molecular flexibility index (Phi) is 5.77. The predicted octanol–water partition coefficient (Wildman–Crippen LogP) is 2.91. The first-order valence-electron chi connectivity index (χ1n) is 9.44. The maximum absolute atomic E-state index is 12.5. The van der Waals surface area contributed by atoms with Crippen LogP contribution in [0.5, 0.6) is 0 Å². The molecule has 1 amide bonds. The Labute approximate surface area is 146 Å². The zero-order chi connectivity index (χ0) is 16.9. The number of aryl methyl sites for hydroxylation is 1. The van der Waals surface area contributed by atoms with E-state index in [1.54, 1.807) is 0 Å². The number of likely N-dealkylation sites (tertiary alicyclic amines) is 1. The number of piperidine rings is 1. The molecule has 0 spiro atoms. The number of benzene rings is 1. The molecule has 0 aliphatic carbocycles. The van der Waals surface area contributed by atoms with Crippen LogP contribution in [-0.2, 0) is 4.79 Å². The van der Waals surface area contributed by atoms with Crippen LogP contribution in [0.1, 0.15) is 37.7 Å². The van der Waals surface area contributed by atoms with Crippen molar-refractivity contribution < 1.29 is 4.79 Å². The highest BCUT2D eigenvalue weighted by atomic mass is 16.2. The van der Waals surface area contributed by atoms with E-state index >= 15 is 0 Å². The second kappa shape index (κ2) is 8.02. The second-order valence-corrected chi connectivity index (χ2v) is 7.32. The third-order valence-electron chi connectivity index (χ3n) is 5.70. The standard InChI is InChI=1S/C20H31N3O/c1-17-7-3-4-9-19(17)22-13-15-23(16-14-22)20(24)11-10-18-8-5-6-12-21(18)2/h3-4,7,9,18H,5-6,8,10-16H2,1-2H3. The number of carbonyl (C=O) groups is 1. The number of amides is 1. The van der Waals surface area contributed by atoms with Gasteiger partial charge in [-0.25, -0.2) is 0 Å². The average molecular weight is 329 g/mol. The number of carbonyl (C=O) groups excluding carboxylic acids is 1. The first-order chi connectivity index (χ1) is 11.6. The molecule has 4 heteroatoms. The van der Waals surface area contributed by atoms with Crippen molar-refractivity contribution in [2.24, 2.45) is 0 Å². The monoisotopic (exact) mass is 329 g/mol. The lowest BCUT2D eigenvalue weighted by atomic mass is 9.98. The third-order valence-corrected chi connectivity index (χ3v) is 5.70. The van der Waals surface area contributed by atoms with E-state index in [4.69, 9.17) is 0 Å². The molecule has 0 saturated carbocycles. The van der Waals surface area contributed by atoms with E-state index in [0.717, 1.165) is 32.6 Å². The quantitative estimate of drug-likeness (QED) is 0.850. The van der Waals surface area contributed by atoms with Crippen molar-refractivity contribution in [2.75, 3.05) is 44.7 Å². The molecule has 0 bridgehead atoms. The summed E-state index contributed by atoms with van der Waals surface area (Å²) < 4.78 is 0. The predicted molar refractivity (Wildman–Crippen MR) is 99.5 cm³/mol. The van der Waals surface area contributed by atoms with Crippen LogP contribution in [0.15, 0.2) is 24.3 Å². The van der Waals surface area contributed by atoms with E-state index in [0.29, 0.717) is 18.4 Å². The summed E-state index contributed by atoms with van der Waals surface area (Å²) in [5.41, 5.74) is 2.63. The van der Waals surface area contributed by atoms with Crippen LogP contribution < -0.4 is 4.90 Å². The summed E-state index contributed by atoms with van der Waals surface area (Å²) in [6.45, 7) is 6.95. The van der Waals surface area contributed by atoms with Gasteiger partial charge in [-0.3, -0.25) is 4.79 Å². The summed E-state index contributed by atoms with van der Waals surface area (Å²) in [4.78, 5) is 19.5. The molecule has 2 aliphatic heterocycles. The molecule has 1 atom stereocenters. The Morgan fingerprint density at radius 2 is 1.83 bits per heavy atom. The van der Waals surface area contributed by atoms with Crippen LogP contribution in [0, 0.1) is 6.92 Å². The highest BCUT2D eigenvalue weighted by Gasteiger charge is 2.24. The lowest BCUT2D eigenvalue weighted by molar-refractivity contribution is -0.131. The fourth-order valence-corrected chi connectivity index (χ4v) is 4.07. The Morgan fingerprint density at radius 3 is 2.54 bits per heavy atom. The molecule has 0 aromatic heterocycles. The summed E-state index contributed by atoms with van der Waals surface area (Å²) >= 11 is 0. The lowest BCUT2D eigenvalue weighted by Crippen LogP contribution is -2.49. The Morgan fingerprint density at radius 1 is 1.08 bits per heavy atom. The van der Waals surface area contributed by atoms with Crippen LogP contribution in [0.3, 0.4) is 0 Å². The van der Waals surface area contributed by atoms with Crippen LogP contribution in [0.2, 0.25) is 0 Å². The molecular formula is C20H31N3O. The second-order valence-electron chi connectivity index (χ2n) is 7.32. The van der Waals surface area contributed by atoms with Gasteiger partial charge in [0.05, 0.1) is 0 Å². The molecule has 24 heavy (non-hydrogen) atoms. The summed E-state index contributed by atoms with van der Waals surface area (Å²) in [6.07, 6.45) is 5.61. The van der Waals surface area contributed by atoms with Crippen LogP contribution >= 0.6 is 0 Å². The number of anilines is 1. The van der Waals surface area contributed by atoms with E-state index in [1.807, 2.05) is 0 Å². The van der Waals surface area contributed by atoms with Gasteiger partial charge in [0.15, 0.2) is 0 Å². The molecule has 2 saturated heterocycles. The number of para-hydroxylation sites is 1. The van der Waals surface area contributed by atoms with E-state index in [2.05, 4.69) is 52.9 Å². The van der Waals surface area contributed by atoms with E-state index < -0.39 is 0 Å². The minimum absolute atomic E-state index is 0.346. The van der Waals surface area contributed by atoms with Gasteiger partial charge in [0, 0.05) is 44.3 Å². The SMILES string of the molecule is Cc1ccccc1N1CCN(C(=O)CCC2CCCCN2C)CC1. The first-order valence-corrected chi connectivity index (χ1v) is 9.44. The van der Waals surface area contributed by atoms with Crippen molar-refractivity contribution >= 4 is 11.6 Å². The minimum atomic E-state index is 0.346. The fourth-order valence-electron chi connectivity index (χ4n) is 4.07. The molecule has 2 heterocycles. The fraction of sp³-hybridized carbons (Fsp3) is 0.650. The largest absolute Gasteiger partial charge is 0.368 e. The van der Waals surface area contributed by atoms with Gasteiger partial charge in [0.1, 0.15) is 0 Å². The van der Waals surface area contributed by atoms with Gasteiger partial charge in [-0.05, 0) is 51.4 Å². The summed E-state index contributed by atoms with van der Waals surface area (Å²) in [6, 6.07) is 9.14. The summed E-state index contributed by atoms with van der Waals surface area (Å²) in [7, 11) is 2.20. The maximum atomic E-state index is 12.5. The number of hydrogen-bond donors (Lipinski definition) is 0. The smallest absolute Gasteiger partial charge is 0.222 e. The van der Waals surface area contributed by atoms with Gasteiger partial charge < -0.3 is 14.7 Å². The normalized spacial score (nSPS) is 22.7. The molecule has 1 aromatic rings. The molecule has 2 aliphatic rings. The van der Waals surface area contributed by atoms with Crippen molar-refractivity contribution in [2.45, 2.75) is 45.1 Å². The summed E-state index contributed by atoms with van der Waals surface area (Å²) in [5.74, 6) is 0.346. The average Bonchev–Trinajstić information content (AvgIpc) is 2.61. The van der Waals surface area contributed by atoms with E-state index in [9.17, 15) is 4.79 Å². The van der Waals surface area contributed by atoms with E-state index in [1.165, 1.54) is 37.1 Å². The molecular weight excluding hydrogens is 298 g/mol. The molecule has 2 fully saturated rings. The van der Waals surface area contributed by atoms with Gasteiger partial charge in [0.25, 0.3) is 0 Å². The highest BCUT2D eigenvalue weighted by Crippen LogP contribution is 2.22. The van der Waals surface area contributed by atoms with Crippen molar-refractivity contribution in [3.8, 4) is 0 Å². The van der Waals surface area contributed by atoms with Crippen molar-refractivity contribution in [1.82, 2.24) is 9.80 Å². The Balaban J connectivity index is 1.46. The van der Waals surface area contributed by atoms with Gasteiger partial charge >= 0.3 is 0 Å². The number of hydrogen-bond acceptors (Lipinski definition) is 3.